The molecule has 7 heteroatoms. The first-order valence-corrected chi connectivity index (χ1v) is 6.39. The molecule has 0 aliphatic heterocycles. The van der Waals surface area contributed by atoms with Gasteiger partial charge in [0.05, 0.1) is 6.10 Å². The van der Waals surface area contributed by atoms with Crippen molar-refractivity contribution in [1.29, 1.82) is 0 Å². The molecule has 19 heavy (non-hydrogen) atoms. The number of carbonyl (C=O) groups excluding carboxylic acids is 1. The second-order valence-corrected chi connectivity index (χ2v) is 5.50. The Morgan fingerprint density at radius 2 is 2.37 bits per heavy atom. The first-order chi connectivity index (χ1) is 8.83. The zero-order chi connectivity index (χ0) is 14.3. The Morgan fingerprint density at radius 1 is 1.68 bits per heavy atom. The van der Waals surface area contributed by atoms with Gasteiger partial charge in [-0.05, 0) is 6.92 Å². The lowest BCUT2D eigenvalue weighted by Gasteiger charge is -2.57. The molecule has 0 spiro atoms. The maximum atomic E-state index is 12.4. The SMILES string of the molecule is CCOC1CC(N)(C(=O)Nc2ncnn2C)C1(C)C. The average Bonchev–Trinajstić information content (AvgIpc) is 2.74. The predicted molar refractivity (Wildman–Crippen MR) is 70.4 cm³/mol. The van der Waals surface area contributed by atoms with Gasteiger partial charge in [-0.15, -0.1) is 0 Å². The number of nitrogens with two attached hydrogens (primary N) is 1. The molecule has 1 heterocycles. The molecule has 1 amide bonds. The number of nitrogens with zero attached hydrogens (tertiary/aromatic N) is 3. The van der Waals surface area contributed by atoms with Crippen LogP contribution in [0.2, 0.25) is 0 Å². The summed E-state index contributed by atoms with van der Waals surface area (Å²) in [6, 6.07) is 0. The largest absolute Gasteiger partial charge is 0.378 e. The molecule has 2 atom stereocenters. The molecule has 0 aromatic carbocycles. The van der Waals surface area contributed by atoms with Gasteiger partial charge in [0, 0.05) is 25.5 Å². The lowest BCUT2D eigenvalue weighted by atomic mass is 9.54. The number of aromatic nitrogens is 3. The number of aryl methyl sites for hydroxylation is 1. The number of carbonyl (C=O) groups is 1. The fourth-order valence-electron chi connectivity index (χ4n) is 2.44. The van der Waals surface area contributed by atoms with Gasteiger partial charge in [-0.25, -0.2) is 4.68 Å². The minimum Gasteiger partial charge on any atom is -0.378 e. The molecule has 1 aliphatic carbocycles. The van der Waals surface area contributed by atoms with E-state index < -0.39 is 11.0 Å². The van der Waals surface area contributed by atoms with E-state index in [1.165, 1.54) is 11.0 Å². The smallest absolute Gasteiger partial charge is 0.247 e. The second-order valence-electron chi connectivity index (χ2n) is 5.50. The first-order valence-electron chi connectivity index (χ1n) is 6.39. The van der Waals surface area contributed by atoms with E-state index in [9.17, 15) is 4.79 Å². The van der Waals surface area contributed by atoms with Crippen molar-refractivity contribution in [3.05, 3.63) is 6.33 Å². The Bertz CT molecular complexity index is 484. The van der Waals surface area contributed by atoms with Crippen LogP contribution in [0.1, 0.15) is 27.2 Å². The number of rotatable bonds is 4. The van der Waals surface area contributed by atoms with Gasteiger partial charge >= 0.3 is 0 Å². The van der Waals surface area contributed by atoms with Gasteiger partial charge in [-0.1, -0.05) is 13.8 Å². The highest BCUT2D eigenvalue weighted by Gasteiger charge is 2.63. The predicted octanol–water partition coefficient (Wildman–Crippen LogP) is 0.286. The molecule has 1 fully saturated rings. The Labute approximate surface area is 112 Å². The van der Waals surface area contributed by atoms with E-state index in [4.69, 9.17) is 10.5 Å². The van der Waals surface area contributed by atoms with Gasteiger partial charge in [0.1, 0.15) is 11.9 Å². The summed E-state index contributed by atoms with van der Waals surface area (Å²) in [7, 11) is 1.71. The van der Waals surface area contributed by atoms with E-state index in [1.54, 1.807) is 7.05 Å². The molecule has 2 unspecified atom stereocenters. The molecule has 1 aromatic heterocycles. The number of hydrogen-bond acceptors (Lipinski definition) is 5. The van der Waals surface area contributed by atoms with Crippen LogP contribution in [0.5, 0.6) is 0 Å². The maximum absolute atomic E-state index is 12.4. The van der Waals surface area contributed by atoms with Gasteiger partial charge < -0.3 is 10.5 Å². The Kier molecular flexibility index (Phi) is 3.36. The quantitative estimate of drug-likeness (QED) is 0.817. The summed E-state index contributed by atoms with van der Waals surface area (Å²) in [4.78, 5) is 16.3. The fourth-order valence-corrected chi connectivity index (χ4v) is 2.44. The zero-order valence-corrected chi connectivity index (χ0v) is 11.8. The van der Waals surface area contributed by atoms with Gasteiger partial charge in [0.15, 0.2) is 0 Å². The minimum absolute atomic E-state index is 0.00717. The average molecular weight is 267 g/mol. The Hall–Kier alpha value is -1.47. The van der Waals surface area contributed by atoms with Crippen molar-refractivity contribution in [2.24, 2.45) is 18.2 Å². The summed E-state index contributed by atoms with van der Waals surface area (Å²) < 4.78 is 7.10. The van der Waals surface area contributed by atoms with Crippen LogP contribution in [0.25, 0.3) is 0 Å². The van der Waals surface area contributed by atoms with Crippen LogP contribution in [0.3, 0.4) is 0 Å². The molecule has 106 valence electrons. The van der Waals surface area contributed by atoms with Crippen molar-refractivity contribution in [3.63, 3.8) is 0 Å². The van der Waals surface area contributed by atoms with Crippen molar-refractivity contribution < 1.29 is 9.53 Å². The second kappa shape index (κ2) is 4.57. The third-order valence-corrected chi connectivity index (χ3v) is 4.17. The summed E-state index contributed by atoms with van der Waals surface area (Å²) in [5.41, 5.74) is 4.91. The van der Waals surface area contributed by atoms with Crippen molar-refractivity contribution in [2.45, 2.75) is 38.8 Å². The molecule has 2 rings (SSSR count). The van der Waals surface area contributed by atoms with Crippen molar-refractivity contribution in [2.75, 3.05) is 11.9 Å². The first kappa shape index (κ1) is 14.0. The van der Waals surface area contributed by atoms with Gasteiger partial charge in [0.2, 0.25) is 11.9 Å². The van der Waals surface area contributed by atoms with Gasteiger partial charge in [-0.2, -0.15) is 10.1 Å². The van der Waals surface area contributed by atoms with Crippen LogP contribution >= 0.6 is 0 Å². The standard InChI is InChI=1S/C12H21N5O2/c1-5-19-8-6-12(13,11(8,2)3)9(18)16-10-14-7-15-17(10)4/h7-8H,5-6,13H2,1-4H3,(H,14,15,16,18). The van der Waals surface area contributed by atoms with E-state index in [2.05, 4.69) is 15.4 Å². The number of anilines is 1. The number of amides is 1. The summed E-state index contributed by atoms with van der Waals surface area (Å²) in [5.74, 6) is 0.148. The third-order valence-electron chi connectivity index (χ3n) is 4.17. The van der Waals surface area contributed by atoms with Crippen LogP contribution in [0.15, 0.2) is 6.33 Å². The normalized spacial score (nSPS) is 28.8. The molecule has 1 aromatic rings. The topological polar surface area (TPSA) is 95.1 Å². The van der Waals surface area contributed by atoms with Crippen LogP contribution in [0, 0.1) is 5.41 Å². The van der Waals surface area contributed by atoms with Crippen LogP contribution in [0.4, 0.5) is 5.95 Å². The monoisotopic (exact) mass is 267 g/mol. The van der Waals surface area contributed by atoms with E-state index in [1.807, 2.05) is 20.8 Å². The Morgan fingerprint density at radius 3 is 2.84 bits per heavy atom. The summed E-state index contributed by atoms with van der Waals surface area (Å²) in [6.45, 7) is 6.46. The summed E-state index contributed by atoms with van der Waals surface area (Å²) in [6.07, 6.45) is 1.90. The highest BCUT2D eigenvalue weighted by Crippen LogP contribution is 2.50. The van der Waals surface area contributed by atoms with Crippen molar-refractivity contribution in [3.8, 4) is 0 Å². The highest BCUT2D eigenvalue weighted by atomic mass is 16.5. The molecular formula is C12H21N5O2. The zero-order valence-electron chi connectivity index (χ0n) is 11.8. The molecule has 1 saturated carbocycles. The van der Waals surface area contributed by atoms with E-state index in [0.717, 1.165) is 0 Å². The van der Waals surface area contributed by atoms with Crippen LogP contribution in [-0.4, -0.2) is 38.9 Å². The minimum atomic E-state index is -0.946. The molecule has 0 bridgehead atoms. The molecular weight excluding hydrogens is 246 g/mol. The lowest BCUT2D eigenvalue weighted by Crippen LogP contribution is -2.74. The molecule has 0 radical (unpaired) electrons. The molecule has 7 nitrogen and oxygen atoms in total. The highest BCUT2D eigenvalue weighted by molar-refractivity contribution is 5.98. The lowest BCUT2D eigenvalue weighted by molar-refractivity contribution is -0.166. The number of nitrogens with one attached hydrogen (secondary N) is 1. The van der Waals surface area contributed by atoms with Crippen molar-refractivity contribution >= 4 is 11.9 Å². The third kappa shape index (κ3) is 2.02. The molecule has 1 aliphatic rings. The van der Waals surface area contributed by atoms with Crippen molar-refractivity contribution in [1.82, 2.24) is 14.8 Å². The van der Waals surface area contributed by atoms with Crippen LogP contribution in [-0.2, 0) is 16.6 Å². The Balaban J connectivity index is 2.10. The summed E-state index contributed by atoms with van der Waals surface area (Å²) in [5, 5.41) is 6.62. The maximum Gasteiger partial charge on any atom is 0.247 e. The molecule has 0 saturated heterocycles. The molecule has 3 N–H and O–H groups in total. The van der Waals surface area contributed by atoms with E-state index in [-0.39, 0.29) is 12.0 Å². The fraction of sp³-hybridized carbons (Fsp3) is 0.750. The van der Waals surface area contributed by atoms with Crippen LogP contribution < -0.4 is 11.1 Å². The van der Waals surface area contributed by atoms with Gasteiger partial charge in [-0.3, -0.25) is 10.1 Å². The number of hydrogen-bond donors (Lipinski definition) is 2. The summed E-state index contributed by atoms with van der Waals surface area (Å²) >= 11 is 0. The van der Waals surface area contributed by atoms with E-state index >= 15 is 0 Å². The van der Waals surface area contributed by atoms with Gasteiger partial charge in [0.25, 0.3) is 0 Å². The number of ether oxygens (including phenoxy) is 1. The van der Waals surface area contributed by atoms with E-state index in [0.29, 0.717) is 19.0 Å².